The number of hydrogen-bond donors (Lipinski definition) is 1. The summed E-state index contributed by atoms with van der Waals surface area (Å²) in [5.74, 6) is 1.66. The van der Waals surface area contributed by atoms with E-state index in [9.17, 15) is 9.90 Å². The molecule has 25 heavy (non-hydrogen) atoms. The van der Waals surface area contributed by atoms with E-state index < -0.39 is 5.60 Å². The van der Waals surface area contributed by atoms with E-state index in [1.165, 1.54) is 0 Å². The Balaban J connectivity index is 2.31. The molecular formula is C21H32O4. The molecule has 1 N–H and O–H groups in total. The third kappa shape index (κ3) is 4.00. The summed E-state index contributed by atoms with van der Waals surface area (Å²) in [5.41, 5.74) is -0.343. The summed E-state index contributed by atoms with van der Waals surface area (Å²) in [6.07, 6.45) is 3.15. The highest BCUT2D eigenvalue weighted by Gasteiger charge is 2.50. The molecular weight excluding hydrogens is 316 g/mol. The minimum Gasteiger partial charge on any atom is -0.497 e. The van der Waals surface area contributed by atoms with Gasteiger partial charge in [0.1, 0.15) is 11.5 Å². The molecule has 0 saturated heterocycles. The molecule has 0 spiro atoms. The lowest BCUT2D eigenvalue weighted by Gasteiger charge is -2.52. The molecule has 0 radical (unpaired) electrons. The molecule has 3 atom stereocenters. The summed E-state index contributed by atoms with van der Waals surface area (Å²) in [6.45, 7) is 8.46. The number of methoxy groups -OCH3 is 2. The molecule has 1 saturated carbocycles. The molecule has 0 aliphatic heterocycles. The van der Waals surface area contributed by atoms with Crippen LogP contribution in [-0.2, 0) is 0 Å². The molecule has 1 fully saturated rings. The van der Waals surface area contributed by atoms with Crippen molar-refractivity contribution in [1.29, 1.82) is 0 Å². The van der Waals surface area contributed by atoms with Gasteiger partial charge in [0.05, 0.1) is 19.8 Å². The summed E-state index contributed by atoms with van der Waals surface area (Å²) in [6, 6.07) is 5.24. The monoisotopic (exact) mass is 348 g/mol. The van der Waals surface area contributed by atoms with Gasteiger partial charge in [0.15, 0.2) is 5.78 Å². The zero-order valence-corrected chi connectivity index (χ0v) is 16.4. The van der Waals surface area contributed by atoms with Crippen LogP contribution >= 0.6 is 0 Å². The summed E-state index contributed by atoms with van der Waals surface area (Å²) in [5, 5.41) is 11.0. The molecule has 1 aliphatic carbocycles. The largest absolute Gasteiger partial charge is 0.497 e. The second-order valence-electron chi connectivity index (χ2n) is 8.10. The van der Waals surface area contributed by atoms with Crippen LogP contribution in [0.4, 0.5) is 0 Å². The highest BCUT2D eigenvalue weighted by atomic mass is 16.5. The van der Waals surface area contributed by atoms with Crippen LogP contribution in [0.25, 0.3) is 0 Å². The molecule has 4 nitrogen and oxygen atoms in total. The smallest absolute Gasteiger partial charge is 0.163 e. The summed E-state index contributed by atoms with van der Waals surface area (Å²) in [4.78, 5) is 13.0. The first-order valence-electron chi connectivity index (χ1n) is 9.14. The standard InChI is InChI=1S/C21H32O4/c1-7-15-8-9-21(4,23)19(20(15,2)3)13-18(22)14-10-16(24-5)12-17(11-14)25-6/h10-12,15,19,23H,7-9,13H2,1-6H3. The van der Waals surface area contributed by atoms with Gasteiger partial charge in [-0.05, 0) is 49.1 Å². The van der Waals surface area contributed by atoms with Gasteiger partial charge in [-0.15, -0.1) is 0 Å². The van der Waals surface area contributed by atoms with Crippen molar-refractivity contribution in [1.82, 2.24) is 0 Å². The summed E-state index contributed by atoms with van der Waals surface area (Å²) in [7, 11) is 3.15. The van der Waals surface area contributed by atoms with Gasteiger partial charge in [-0.3, -0.25) is 4.79 Å². The van der Waals surface area contributed by atoms with Gasteiger partial charge in [0, 0.05) is 18.1 Å². The van der Waals surface area contributed by atoms with E-state index in [2.05, 4.69) is 20.8 Å². The first-order valence-corrected chi connectivity index (χ1v) is 9.14. The fourth-order valence-corrected chi connectivity index (χ4v) is 4.58. The molecule has 0 aromatic heterocycles. The van der Waals surface area contributed by atoms with Crippen molar-refractivity contribution in [3.05, 3.63) is 23.8 Å². The number of ether oxygens (including phenoxy) is 2. The fraction of sp³-hybridized carbons (Fsp3) is 0.667. The SMILES string of the molecule is CCC1CCC(C)(O)C(CC(=O)c2cc(OC)cc(OC)c2)C1(C)C. The lowest BCUT2D eigenvalue weighted by atomic mass is 9.55. The van der Waals surface area contributed by atoms with Crippen LogP contribution in [0, 0.1) is 17.3 Å². The Kier molecular flexibility index (Phi) is 5.82. The highest BCUT2D eigenvalue weighted by molar-refractivity contribution is 5.97. The Morgan fingerprint density at radius 3 is 2.20 bits per heavy atom. The number of carbonyl (C=O) groups excluding carboxylic acids is 1. The molecule has 0 amide bonds. The maximum Gasteiger partial charge on any atom is 0.163 e. The maximum absolute atomic E-state index is 13.0. The van der Waals surface area contributed by atoms with Crippen molar-refractivity contribution < 1.29 is 19.4 Å². The van der Waals surface area contributed by atoms with Gasteiger partial charge in [0.2, 0.25) is 0 Å². The number of ketones is 1. The molecule has 140 valence electrons. The number of aliphatic hydroxyl groups is 1. The van der Waals surface area contributed by atoms with Crippen molar-refractivity contribution >= 4 is 5.78 Å². The second kappa shape index (κ2) is 7.36. The van der Waals surface area contributed by atoms with Gasteiger partial charge >= 0.3 is 0 Å². The van der Waals surface area contributed by atoms with Crippen molar-refractivity contribution in [3.63, 3.8) is 0 Å². The Morgan fingerprint density at radius 1 is 1.16 bits per heavy atom. The zero-order valence-electron chi connectivity index (χ0n) is 16.4. The van der Waals surface area contributed by atoms with Crippen LogP contribution in [0.2, 0.25) is 0 Å². The van der Waals surface area contributed by atoms with Gasteiger partial charge in [-0.1, -0.05) is 27.2 Å². The maximum atomic E-state index is 13.0. The van der Waals surface area contributed by atoms with E-state index in [0.29, 0.717) is 29.4 Å². The highest BCUT2D eigenvalue weighted by Crippen LogP contribution is 2.52. The van der Waals surface area contributed by atoms with Crippen LogP contribution in [0.5, 0.6) is 11.5 Å². The summed E-state index contributed by atoms with van der Waals surface area (Å²) >= 11 is 0. The molecule has 2 rings (SSSR count). The van der Waals surface area contributed by atoms with Crippen molar-refractivity contribution in [2.24, 2.45) is 17.3 Å². The predicted molar refractivity (Wildman–Crippen MR) is 99.4 cm³/mol. The lowest BCUT2D eigenvalue weighted by Crippen LogP contribution is -2.51. The zero-order chi connectivity index (χ0) is 18.8. The minimum atomic E-state index is -0.826. The molecule has 1 aliphatic rings. The number of Topliss-reactive ketones (excluding diaryl/α,β-unsaturated/α-hetero) is 1. The third-order valence-corrected chi connectivity index (χ3v) is 6.26. The number of rotatable bonds is 6. The topological polar surface area (TPSA) is 55.8 Å². The Morgan fingerprint density at radius 2 is 1.72 bits per heavy atom. The van der Waals surface area contributed by atoms with Crippen molar-refractivity contribution in [3.8, 4) is 11.5 Å². The Hall–Kier alpha value is -1.55. The van der Waals surface area contributed by atoms with Gasteiger partial charge in [-0.25, -0.2) is 0 Å². The quantitative estimate of drug-likeness (QED) is 0.770. The van der Waals surface area contributed by atoms with Crippen molar-refractivity contribution in [2.75, 3.05) is 14.2 Å². The second-order valence-corrected chi connectivity index (χ2v) is 8.10. The normalized spacial score (nSPS) is 28.4. The van der Waals surface area contributed by atoms with Gasteiger partial charge in [-0.2, -0.15) is 0 Å². The lowest BCUT2D eigenvalue weighted by molar-refractivity contribution is -0.115. The molecule has 4 heteroatoms. The molecule has 0 heterocycles. The van der Waals surface area contributed by atoms with Crippen LogP contribution in [0.1, 0.15) is 63.7 Å². The van der Waals surface area contributed by atoms with E-state index in [1.54, 1.807) is 32.4 Å². The minimum absolute atomic E-state index is 0.0207. The van der Waals surface area contributed by atoms with Crippen LogP contribution in [0.3, 0.4) is 0 Å². The average molecular weight is 348 g/mol. The number of benzene rings is 1. The van der Waals surface area contributed by atoms with E-state index in [0.717, 1.165) is 19.3 Å². The van der Waals surface area contributed by atoms with Crippen LogP contribution in [-0.4, -0.2) is 30.7 Å². The first-order chi connectivity index (χ1) is 11.7. The average Bonchev–Trinajstić information content (AvgIpc) is 2.57. The number of hydrogen-bond acceptors (Lipinski definition) is 4. The molecule has 3 unspecified atom stereocenters. The Labute approximate surface area is 151 Å². The first kappa shape index (κ1) is 19.8. The van der Waals surface area contributed by atoms with Crippen LogP contribution < -0.4 is 9.47 Å². The van der Waals surface area contributed by atoms with E-state index in [4.69, 9.17) is 9.47 Å². The summed E-state index contributed by atoms with van der Waals surface area (Å²) < 4.78 is 10.5. The molecule has 0 bridgehead atoms. The third-order valence-electron chi connectivity index (χ3n) is 6.26. The van der Waals surface area contributed by atoms with Crippen LogP contribution in [0.15, 0.2) is 18.2 Å². The predicted octanol–water partition coefficient (Wildman–Crippen LogP) is 4.49. The van der Waals surface area contributed by atoms with Gasteiger partial charge in [0.25, 0.3) is 0 Å². The number of carbonyl (C=O) groups is 1. The van der Waals surface area contributed by atoms with Gasteiger partial charge < -0.3 is 14.6 Å². The van der Waals surface area contributed by atoms with E-state index in [1.807, 2.05) is 6.92 Å². The van der Waals surface area contributed by atoms with E-state index >= 15 is 0 Å². The Bertz CT molecular complexity index is 596. The fourth-order valence-electron chi connectivity index (χ4n) is 4.58. The van der Waals surface area contributed by atoms with Crippen molar-refractivity contribution in [2.45, 2.75) is 59.0 Å². The molecule has 1 aromatic carbocycles. The van der Waals surface area contributed by atoms with E-state index in [-0.39, 0.29) is 17.1 Å². The molecule has 1 aromatic rings.